The molecule has 0 saturated carbocycles. The number of rotatable bonds is 6. The van der Waals surface area contributed by atoms with Gasteiger partial charge in [-0.1, -0.05) is 127 Å². The molecule has 0 unspecified atom stereocenters. The Hall–Kier alpha value is -7.36. The monoisotopic (exact) mass is 703 g/mol. The van der Waals surface area contributed by atoms with E-state index >= 15 is 0 Å². The second kappa shape index (κ2) is 12.6. The molecule has 0 fully saturated rings. The number of hydrogen-bond acceptors (Lipinski definition) is 3. The predicted molar refractivity (Wildman–Crippen MR) is 229 cm³/mol. The molecule has 0 spiro atoms. The first-order chi connectivity index (χ1) is 27.2. The van der Waals surface area contributed by atoms with E-state index in [0.717, 1.165) is 83.2 Å². The van der Waals surface area contributed by atoms with Gasteiger partial charge in [0.2, 0.25) is 0 Å². The van der Waals surface area contributed by atoms with Gasteiger partial charge in [0.05, 0.1) is 0 Å². The number of hydrogen-bond donors (Lipinski definition) is 0. The zero-order valence-corrected chi connectivity index (χ0v) is 29.8. The smallest absolute Gasteiger partial charge is 0.137 e. The van der Waals surface area contributed by atoms with Crippen molar-refractivity contribution in [2.45, 2.75) is 0 Å². The van der Waals surface area contributed by atoms with E-state index in [4.69, 9.17) is 8.83 Å². The van der Waals surface area contributed by atoms with Crippen molar-refractivity contribution in [2.75, 3.05) is 4.90 Å². The summed E-state index contributed by atoms with van der Waals surface area (Å²) >= 11 is 0. The van der Waals surface area contributed by atoms with Crippen LogP contribution >= 0.6 is 0 Å². The fraction of sp³-hybridized carbons (Fsp3) is 0. The SMILES string of the molecule is c1cc(-c2cccc(N(c3ccc(-c4ccc5c(c4)oc4ccccc45)cc3)c3ccc4c(c3)oc3ccccc34)c2)cc(-c2cccc3ccccc23)c1. The van der Waals surface area contributed by atoms with E-state index in [9.17, 15) is 0 Å². The highest BCUT2D eigenvalue weighted by Gasteiger charge is 2.17. The van der Waals surface area contributed by atoms with Crippen molar-refractivity contribution in [3.63, 3.8) is 0 Å². The third-order valence-electron chi connectivity index (χ3n) is 10.9. The Balaban J connectivity index is 1.01. The molecule has 0 atom stereocenters. The van der Waals surface area contributed by atoms with Crippen LogP contribution in [-0.2, 0) is 0 Å². The van der Waals surface area contributed by atoms with Gasteiger partial charge in [0.25, 0.3) is 0 Å². The Morgan fingerprint density at radius 2 is 0.782 bits per heavy atom. The van der Waals surface area contributed by atoms with Crippen LogP contribution in [0.2, 0.25) is 0 Å². The molecule has 0 amide bonds. The molecule has 3 nitrogen and oxygen atoms in total. The number of para-hydroxylation sites is 2. The normalized spacial score (nSPS) is 11.6. The summed E-state index contributed by atoms with van der Waals surface area (Å²) in [6.07, 6.45) is 0. The highest BCUT2D eigenvalue weighted by molar-refractivity contribution is 6.07. The number of furan rings is 2. The van der Waals surface area contributed by atoms with Gasteiger partial charge in [-0.2, -0.15) is 0 Å². The Labute approximate surface area is 317 Å². The first-order valence-corrected chi connectivity index (χ1v) is 18.7. The Bertz CT molecular complexity index is 3220. The molecule has 11 aromatic rings. The van der Waals surface area contributed by atoms with E-state index in [1.165, 1.54) is 21.9 Å². The minimum atomic E-state index is 0.860. The van der Waals surface area contributed by atoms with Gasteiger partial charge in [-0.15, -0.1) is 0 Å². The molecule has 11 rings (SSSR count). The molecule has 0 bridgehead atoms. The van der Waals surface area contributed by atoms with Crippen LogP contribution in [0.15, 0.2) is 209 Å². The van der Waals surface area contributed by atoms with Gasteiger partial charge in [0, 0.05) is 44.7 Å². The summed E-state index contributed by atoms with van der Waals surface area (Å²) in [4.78, 5) is 2.32. The molecule has 0 saturated heterocycles. The number of benzene rings is 9. The third kappa shape index (κ3) is 5.36. The van der Waals surface area contributed by atoms with Crippen LogP contribution in [0.25, 0.3) is 88.0 Å². The molecule has 55 heavy (non-hydrogen) atoms. The summed E-state index contributed by atoms with van der Waals surface area (Å²) in [7, 11) is 0. The van der Waals surface area contributed by atoms with Gasteiger partial charge >= 0.3 is 0 Å². The van der Waals surface area contributed by atoms with Crippen molar-refractivity contribution in [3.05, 3.63) is 200 Å². The van der Waals surface area contributed by atoms with Gasteiger partial charge in [-0.05, 0) is 111 Å². The van der Waals surface area contributed by atoms with Crippen molar-refractivity contribution in [1.82, 2.24) is 0 Å². The molecule has 0 aliphatic heterocycles. The Morgan fingerprint density at radius 1 is 0.273 bits per heavy atom. The first-order valence-electron chi connectivity index (χ1n) is 18.7. The molecular formula is C52H33NO2. The Morgan fingerprint density at radius 3 is 1.56 bits per heavy atom. The first kappa shape index (κ1) is 31.2. The van der Waals surface area contributed by atoms with Gasteiger partial charge in [-0.25, -0.2) is 0 Å². The van der Waals surface area contributed by atoms with Crippen LogP contribution in [-0.4, -0.2) is 0 Å². The third-order valence-corrected chi connectivity index (χ3v) is 10.9. The van der Waals surface area contributed by atoms with Gasteiger partial charge in [0.15, 0.2) is 0 Å². The van der Waals surface area contributed by atoms with Crippen LogP contribution in [0.3, 0.4) is 0 Å². The van der Waals surface area contributed by atoms with E-state index in [-0.39, 0.29) is 0 Å². The second-order valence-corrected chi connectivity index (χ2v) is 14.1. The van der Waals surface area contributed by atoms with Crippen LogP contribution in [0.1, 0.15) is 0 Å². The van der Waals surface area contributed by atoms with E-state index in [2.05, 4.69) is 181 Å². The predicted octanol–water partition coefficient (Wildman–Crippen LogP) is 15.1. The lowest BCUT2D eigenvalue weighted by Gasteiger charge is -2.26. The lowest BCUT2D eigenvalue weighted by atomic mass is 9.95. The zero-order chi connectivity index (χ0) is 36.3. The highest BCUT2D eigenvalue weighted by atomic mass is 16.3. The molecule has 2 aromatic heterocycles. The summed E-state index contributed by atoms with van der Waals surface area (Å²) in [5.41, 5.74) is 13.6. The Kier molecular flexibility index (Phi) is 7.17. The van der Waals surface area contributed by atoms with Crippen LogP contribution < -0.4 is 4.90 Å². The van der Waals surface area contributed by atoms with Crippen molar-refractivity contribution in [1.29, 1.82) is 0 Å². The summed E-state index contributed by atoms with van der Waals surface area (Å²) in [6.45, 7) is 0. The number of fused-ring (bicyclic) bond motifs is 7. The van der Waals surface area contributed by atoms with E-state index in [1.54, 1.807) is 0 Å². The van der Waals surface area contributed by atoms with Crippen LogP contribution in [0.4, 0.5) is 17.1 Å². The maximum absolute atomic E-state index is 6.39. The fourth-order valence-electron chi connectivity index (χ4n) is 8.18. The summed E-state index contributed by atoms with van der Waals surface area (Å²) in [5, 5.41) is 6.99. The van der Waals surface area contributed by atoms with Crippen molar-refractivity contribution >= 4 is 71.7 Å². The highest BCUT2D eigenvalue weighted by Crippen LogP contribution is 2.41. The second-order valence-electron chi connectivity index (χ2n) is 14.1. The number of anilines is 3. The van der Waals surface area contributed by atoms with Crippen molar-refractivity contribution in [3.8, 4) is 33.4 Å². The summed E-state index contributed by atoms with van der Waals surface area (Å²) < 4.78 is 12.6. The van der Waals surface area contributed by atoms with Crippen LogP contribution in [0, 0.1) is 0 Å². The van der Waals surface area contributed by atoms with E-state index < -0.39 is 0 Å². The lowest BCUT2D eigenvalue weighted by molar-refractivity contribution is 0.668. The standard InChI is InChI=1S/C52H33NO2/c1-2-16-43-35(10-1)11-9-19-44(43)39-14-7-12-36(30-39)37-13-8-15-41(31-37)53(42-27-29-48-46-18-4-6-21-50(46)55-52(48)33-42)40-25-22-34(23-26-40)38-24-28-47-45-17-3-5-20-49(45)54-51(47)32-38/h1-33H. The van der Waals surface area contributed by atoms with Crippen LogP contribution in [0.5, 0.6) is 0 Å². The summed E-state index contributed by atoms with van der Waals surface area (Å²) in [6, 6.07) is 71.1. The number of nitrogens with zero attached hydrogens (tertiary/aromatic N) is 1. The maximum Gasteiger partial charge on any atom is 0.137 e. The van der Waals surface area contributed by atoms with Crippen molar-refractivity contribution < 1.29 is 8.83 Å². The molecular weight excluding hydrogens is 671 g/mol. The van der Waals surface area contributed by atoms with Crippen molar-refractivity contribution in [2.24, 2.45) is 0 Å². The maximum atomic E-state index is 6.39. The molecule has 0 N–H and O–H groups in total. The molecule has 258 valence electrons. The molecule has 0 radical (unpaired) electrons. The average molecular weight is 704 g/mol. The molecule has 9 aromatic carbocycles. The largest absolute Gasteiger partial charge is 0.456 e. The summed E-state index contributed by atoms with van der Waals surface area (Å²) in [5.74, 6) is 0. The minimum absolute atomic E-state index is 0.860. The zero-order valence-electron chi connectivity index (χ0n) is 29.8. The van der Waals surface area contributed by atoms with Gasteiger partial charge in [-0.3, -0.25) is 0 Å². The average Bonchev–Trinajstić information content (AvgIpc) is 3.82. The van der Waals surface area contributed by atoms with E-state index in [1.807, 2.05) is 24.3 Å². The van der Waals surface area contributed by atoms with E-state index in [0.29, 0.717) is 0 Å². The fourth-order valence-corrected chi connectivity index (χ4v) is 8.18. The molecule has 2 heterocycles. The molecule has 3 heteroatoms. The van der Waals surface area contributed by atoms with Gasteiger partial charge in [0.1, 0.15) is 22.3 Å². The molecule has 0 aliphatic rings. The quantitative estimate of drug-likeness (QED) is 0.173. The molecule has 0 aliphatic carbocycles. The lowest BCUT2D eigenvalue weighted by Crippen LogP contribution is -2.10. The minimum Gasteiger partial charge on any atom is -0.456 e. The topological polar surface area (TPSA) is 29.5 Å². The van der Waals surface area contributed by atoms with Gasteiger partial charge < -0.3 is 13.7 Å².